The van der Waals surface area contributed by atoms with Gasteiger partial charge in [0.15, 0.2) is 0 Å². The maximum atomic E-state index is 12.5. The smallest absolute Gasteiger partial charge is 0.340 e. The molecule has 1 aromatic heterocycles. The van der Waals surface area contributed by atoms with E-state index in [1.165, 1.54) is 0 Å². The summed E-state index contributed by atoms with van der Waals surface area (Å²) >= 11 is 0. The monoisotopic (exact) mass is 351 g/mol. The number of esters is 1. The summed E-state index contributed by atoms with van der Waals surface area (Å²) < 4.78 is 10.6. The van der Waals surface area contributed by atoms with Gasteiger partial charge >= 0.3 is 5.97 Å². The Balaban J connectivity index is 1.82. The van der Waals surface area contributed by atoms with E-state index in [2.05, 4.69) is 11.4 Å². The normalized spacial score (nSPS) is 10.7. The lowest BCUT2D eigenvalue weighted by Crippen LogP contribution is -2.17. The molecule has 0 aliphatic rings. The van der Waals surface area contributed by atoms with E-state index in [1.54, 1.807) is 37.5 Å². The lowest BCUT2D eigenvalue weighted by Gasteiger charge is -2.10. The second kappa shape index (κ2) is 7.44. The fourth-order valence-electron chi connectivity index (χ4n) is 3.10. The number of carbonyl (C=O) groups is 2. The third-order valence-corrected chi connectivity index (χ3v) is 4.14. The van der Waals surface area contributed by atoms with Crippen molar-refractivity contribution in [3.8, 4) is 0 Å². The molecule has 0 atom stereocenters. The Bertz CT molecular complexity index is 971. The minimum absolute atomic E-state index is 0.161. The Morgan fingerprint density at radius 1 is 1.15 bits per heavy atom. The van der Waals surface area contributed by atoms with E-state index in [9.17, 15) is 9.59 Å². The molecule has 1 amide bonds. The van der Waals surface area contributed by atoms with E-state index < -0.39 is 5.97 Å². The molecule has 0 spiro atoms. The number of para-hydroxylation sites is 1. The van der Waals surface area contributed by atoms with E-state index in [-0.39, 0.29) is 18.9 Å². The van der Waals surface area contributed by atoms with Crippen LogP contribution in [-0.2, 0) is 16.0 Å². The fourth-order valence-corrected chi connectivity index (χ4v) is 3.10. The number of rotatable bonds is 5. The Morgan fingerprint density at radius 3 is 2.69 bits per heavy atom. The lowest BCUT2D eigenvalue weighted by molar-refractivity contribution is -0.115. The molecule has 0 bridgehead atoms. The van der Waals surface area contributed by atoms with Crippen LogP contribution in [0.3, 0.4) is 0 Å². The highest BCUT2D eigenvalue weighted by atomic mass is 16.5. The summed E-state index contributed by atoms with van der Waals surface area (Å²) in [5.74, 6) is -0.673. The first-order valence-electron chi connectivity index (χ1n) is 8.53. The lowest BCUT2D eigenvalue weighted by atomic mass is 10.0. The average molecular weight is 351 g/mol. The van der Waals surface area contributed by atoms with Crippen molar-refractivity contribution in [2.75, 3.05) is 11.9 Å². The van der Waals surface area contributed by atoms with Crippen molar-refractivity contribution >= 4 is 28.5 Å². The number of aryl methyl sites for hydroxylation is 2. The molecule has 3 aromatic rings. The van der Waals surface area contributed by atoms with E-state index in [1.807, 2.05) is 19.9 Å². The van der Waals surface area contributed by atoms with Crippen LogP contribution in [0.1, 0.15) is 34.0 Å². The van der Waals surface area contributed by atoms with Gasteiger partial charge in [-0.25, -0.2) is 4.79 Å². The number of anilines is 1. The van der Waals surface area contributed by atoms with Gasteiger partial charge in [-0.2, -0.15) is 0 Å². The van der Waals surface area contributed by atoms with Crippen molar-refractivity contribution in [1.82, 2.24) is 0 Å². The fraction of sp³-hybridized carbons (Fsp3) is 0.238. The second-order valence-electron chi connectivity index (χ2n) is 6.21. The molecule has 0 fully saturated rings. The number of amides is 1. The molecular formula is C21H21NO4. The third kappa shape index (κ3) is 3.61. The summed E-state index contributed by atoms with van der Waals surface area (Å²) in [4.78, 5) is 24.6. The van der Waals surface area contributed by atoms with Gasteiger partial charge in [-0.15, -0.1) is 0 Å². The second-order valence-corrected chi connectivity index (χ2v) is 6.21. The van der Waals surface area contributed by atoms with Crippen LogP contribution in [-0.4, -0.2) is 18.5 Å². The first-order valence-corrected chi connectivity index (χ1v) is 8.53. The largest absolute Gasteiger partial charge is 0.464 e. The number of carbonyl (C=O) groups excluding carboxylic acids is 2. The molecule has 134 valence electrons. The van der Waals surface area contributed by atoms with Crippen LogP contribution in [0.5, 0.6) is 0 Å². The van der Waals surface area contributed by atoms with E-state index in [0.717, 1.165) is 27.7 Å². The van der Waals surface area contributed by atoms with E-state index >= 15 is 0 Å². The van der Waals surface area contributed by atoms with Gasteiger partial charge in [-0.1, -0.05) is 18.2 Å². The maximum Gasteiger partial charge on any atom is 0.340 e. The van der Waals surface area contributed by atoms with Gasteiger partial charge < -0.3 is 14.5 Å². The molecule has 0 unspecified atom stereocenters. The van der Waals surface area contributed by atoms with Gasteiger partial charge in [-0.05, 0) is 50.1 Å². The van der Waals surface area contributed by atoms with Gasteiger partial charge in [0.1, 0.15) is 5.58 Å². The molecule has 5 nitrogen and oxygen atoms in total. The molecule has 26 heavy (non-hydrogen) atoms. The molecule has 0 aliphatic carbocycles. The minimum Gasteiger partial charge on any atom is -0.464 e. The molecule has 0 saturated carbocycles. The standard InChI is InChI=1S/C21H21NO4/c1-4-25-21(24)16-7-5-6-8-17(16)22-19(23)11-15-12-26-18-10-13(2)9-14(3)20(15)18/h5-10,12H,4,11H2,1-3H3,(H,22,23). The topological polar surface area (TPSA) is 68.5 Å². The number of hydrogen-bond donors (Lipinski definition) is 1. The summed E-state index contributed by atoms with van der Waals surface area (Å²) in [6.07, 6.45) is 1.78. The molecule has 0 aliphatic heterocycles. The summed E-state index contributed by atoms with van der Waals surface area (Å²) in [6.45, 7) is 6.03. The summed E-state index contributed by atoms with van der Waals surface area (Å²) in [5, 5.41) is 3.76. The highest BCUT2D eigenvalue weighted by Crippen LogP contribution is 2.27. The molecular weight excluding hydrogens is 330 g/mol. The SMILES string of the molecule is CCOC(=O)c1ccccc1NC(=O)Cc1coc2cc(C)cc(C)c12. The third-order valence-electron chi connectivity index (χ3n) is 4.14. The van der Waals surface area contributed by atoms with Gasteiger partial charge in [0, 0.05) is 10.9 Å². The number of fused-ring (bicyclic) bond motifs is 1. The van der Waals surface area contributed by atoms with Crippen LogP contribution in [0, 0.1) is 13.8 Å². The van der Waals surface area contributed by atoms with Crippen LogP contribution < -0.4 is 5.32 Å². The highest BCUT2D eigenvalue weighted by molar-refractivity contribution is 6.02. The van der Waals surface area contributed by atoms with Crippen LogP contribution in [0.15, 0.2) is 47.1 Å². The maximum absolute atomic E-state index is 12.5. The number of ether oxygens (including phenoxy) is 1. The minimum atomic E-state index is -0.455. The van der Waals surface area contributed by atoms with Crippen molar-refractivity contribution in [2.24, 2.45) is 0 Å². The predicted octanol–water partition coefficient (Wildman–Crippen LogP) is 4.41. The van der Waals surface area contributed by atoms with Crippen molar-refractivity contribution in [1.29, 1.82) is 0 Å². The van der Waals surface area contributed by atoms with E-state index in [0.29, 0.717) is 11.3 Å². The zero-order chi connectivity index (χ0) is 18.7. The summed E-state index contributed by atoms with van der Waals surface area (Å²) in [6, 6.07) is 10.8. The number of furan rings is 1. The van der Waals surface area contributed by atoms with Crippen LogP contribution in [0.25, 0.3) is 11.0 Å². The van der Waals surface area contributed by atoms with Crippen molar-refractivity contribution in [2.45, 2.75) is 27.2 Å². The average Bonchev–Trinajstić information content (AvgIpc) is 2.98. The Morgan fingerprint density at radius 2 is 1.92 bits per heavy atom. The van der Waals surface area contributed by atoms with Gasteiger partial charge in [-0.3, -0.25) is 4.79 Å². The van der Waals surface area contributed by atoms with Gasteiger partial charge in [0.05, 0.1) is 30.5 Å². The zero-order valence-corrected chi connectivity index (χ0v) is 15.1. The van der Waals surface area contributed by atoms with E-state index in [4.69, 9.17) is 9.15 Å². The Hall–Kier alpha value is -3.08. The quantitative estimate of drug-likeness (QED) is 0.692. The predicted molar refractivity (Wildman–Crippen MR) is 100 cm³/mol. The molecule has 0 radical (unpaired) electrons. The zero-order valence-electron chi connectivity index (χ0n) is 15.1. The van der Waals surface area contributed by atoms with Crippen LogP contribution in [0.2, 0.25) is 0 Å². The van der Waals surface area contributed by atoms with Crippen molar-refractivity contribution in [3.63, 3.8) is 0 Å². The van der Waals surface area contributed by atoms with Crippen molar-refractivity contribution < 1.29 is 18.7 Å². The first-order chi connectivity index (χ1) is 12.5. The number of nitrogens with one attached hydrogen (secondary N) is 1. The molecule has 3 rings (SSSR count). The molecule has 1 heterocycles. The van der Waals surface area contributed by atoms with Gasteiger partial charge in [0.25, 0.3) is 0 Å². The Kier molecular flexibility index (Phi) is 5.07. The highest BCUT2D eigenvalue weighted by Gasteiger charge is 2.16. The van der Waals surface area contributed by atoms with Gasteiger partial charge in [0.2, 0.25) is 5.91 Å². The van der Waals surface area contributed by atoms with Crippen LogP contribution >= 0.6 is 0 Å². The Labute approximate surface area is 152 Å². The molecule has 2 aromatic carbocycles. The number of benzene rings is 2. The summed E-state index contributed by atoms with van der Waals surface area (Å²) in [5.41, 5.74) is 4.57. The molecule has 1 N–H and O–H groups in total. The summed E-state index contributed by atoms with van der Waals surface area (Å²) in [7, 11) is 0. The number of hydrogen-bond acceptors (Lipinski definition) is 4. The first kappa shape index (κ1) is 17.7. The van der Waals surface area contributed by atoms with Crippen molar-refractivity contribution in [3.05, 3.63) is 64.9 Å². The molecule has 0 saturated heterocycles. The molecule has 5 heteroatoms. The van der Waals surface area contributed by atoms with Crippen LogP contribution in [0.4, 0.5) is 5.69 Å².